The van der Waals surface area contributed by atoms with Crippen LogP contribution in [0.4, 0.5) is 13.2 Å². The summed E-state index contributed by atoms with van der Waals surface area (Å²) in [4.78, 5) is 0. The summed E-state index contributed by atoms with van der Waals surface area (Å²) in [6.07, 6.45) is -6.94. The molecule has 0 aromatic heterocycles. The number of methoxy groups -OCH3 is 1. The number of hydrogen-bond acceptors (Lipinski definition) is 4. The minimum Gasteiger partial charge on any atom is -0.497 e. The van der Waals surface area contributed by atoms with E-state index in [1.807, 2.05) is 0 Å². The van der Waals surface area contributed by atoms with Gasteiger partial charge in [-0.1, -0.05) is 6.07 Å². The zero-order valence-corrected chi connectivity index (χ0v) is 10.2. The summed E-state index contributed by atoms with van der Waals surface area (Å²) in [5.74, 6) is 1.15. The van der Waals surface area contributed by atoms with Crippen LogP contribution in [0.1, 0.15) is 0 Å². The van der Waals surface area contributed by atoms with Gasteiger partial charge in [0, 0.05) is 12.6 Å². The molecule has 1 aliphatic heterocycles. The first-order valence-electron chi connectivity index (χ1n) is 5.71. The molecule has 19 heavy (non-hydrogen) atoms. The molecule has 0 radical (unpaired) electrons. The predicted molar refractivity (Wildman–Crippen MR) is 61.2 cm³/mol. The van der Waals surface area contributed by atoms with Gasteiger partial charge in [0.15, 0.2) is 0 Å². The number of hydrogen-bond donors (Lipinski definition) is 1. The summed E-state index contributed by atoms with van der Waals surface area (Å²) in [5, 5.41) is 2.25. The van der Waals surface area contributed by atoms with E-state index < -0.39 is 18.5 Å². The number of nitrogens with one attached hydrogen (secondary N) is 1. The van der Waals surface area contributed by atoms with Crippen molar-refractivity contribution in [1.29, 1.82) is 0 Å². The highest BCUT2D eigenvalue weighted by Gasteiger charge is 2.45. The van der Waals surface area contributed by atoms with E-state index in [1.54, 1.807) is 24.3 Å². The van der Waals surface area contributed by atoms with Crippen LogP contribution in [-0.2, 0) is 4.74 Å². The molecule has 0 spiro atoms. The molecule has 0 aliphatic carbocycles. The molecule has 0 bridgehead atoms. The molecule has 1 saturated heterocycles. The minimum absolute atomic E-state index is 0.0484. The number of benzene rings is 1. The molecule has 7 heteroatoms. The Morgan fingerprint density at radius 2 is 2.11 bits per heavy atom. The lowest BCUT2D eigenvalue weighted by atomic mass is 10.3. The van der Waals surface area contributed by atoms with Crippen LogP contribution in [0.2, 0.25) is 0 Å². The van der Waals surface area contributed by atoms with Gasteiger partial charge in [-0.2, -0.15) is 13.2 Å². The van der Waals surface area contributed by atoms with Crippen LogP contribution >= 0.6 is 0 Å². The van der Waals surface area contributed by atoms with Crippen molar-refractivity contribution in [2.24, 2.45) is 0 Å². The second kappa shape index (κ2) is 5.66. The van der Waals surface area contributed by atoms with Crippen LogP contribution in [0.15, 0.2) is 24.3 Å². The van der Waals surface area contributed by atoms with Gasteiger partial charge in [-0.3, -0.25) is 5.32 Å². The quantitative estimate of drug-likeness (QED) is 0.913. The van der Waals surface area contributed by atoms with E-state index >= 15 is 0 Å². The van der Waals surface area contributed by atoms with Gasteiger partial charge in [-0.15, -0.1) is 0 Å². The van der Waals surface area contributed by atoms with Crippen molar-refractivity contribution in [2.45, 2.75) is 18.5 Å². The van der Waals surface area contributed by atoms with Crippen LogP contribution in [0.25, 0.3) is 0 Å². The maximum atomic E-state index is 12.4. The summed E-state index contributed by atoms with van der Waals surface area (Å²) in [7, 11) is 1.52. The first kappa shape index (κ1) is 14.0. The maximum Gasteiger partial charge on any atom is 0.428 e. The molecule has 1 aliphatic rings. The lowest BCUT2D eigenvalue weighted by molar-refractivity contribution is -0.221. The summed E-state index contributed by atoms with van der Waals surface area (Å²) >= 11 is 0. The van der Waals surface area contributed by atoms with Crippen molar-refractivity contribution in [3.05, 3.63) is 24.3 Å². The van der Waals surface area contributed by atoms with Crippen molar-refractivity contribution in [3.8, 4) is 11.5 Å². The molecule has 0 amide bonds. The van der Waals surface area contributed by atoms with E-state index in [1.165, 1.54) is 7.11 Å². The lowest BCUT2D eigenvalue weighted by Gasteiger charge is -2.16. The van der Waals surface area contributed by atoms with Gasteiger partial charge < -0.3 is 14.2 Å². The van der Waals surface area contributed by atoms with E-state index in [2.05, 4.69) is 5.32 Å². The molecular weight excluding hydrogens is 263 g/mol. The topological polar surface area (TPSA) is 39.7 Å². The molecule has 2 rings (SSSR count). The summed E-state index contributed by atoms with van der Waals surface area (Å²) in [5.41, 5.74) is 0. The molecule has 4 nitrogen and oxygen atoms in total. The molecule has 0 saturated carbocycles. The third-order valence-electron chi connectivity index (χ3n) is 2.63. The van der Waals surface area contributed by atoms with Crippen molar-refractivity contribution in [1.82, 2.24) is 5.32 Å². The minimum atomic E-state index is -4.40. The Balaban J connectivity index is 1.83. The van der Waals surface area contributed by atoms with E-state index in [9.17, 15) is 13.2 Å². The van der Waals surface area contributed by atoms with Crippen molar-refractivity contribution < 1.29 is 27.4 Å². The number of rotatable bonds is 4. The monoisotopic (exact) mass is 277 g/mol. The molecule has 1 N–H and O–H groups in total. The molecule has 1 heterocycles. The van der Waals surface area contributed by atoms with E-state index in [4.69, 9.17) is 14.2 Å². The van der Waals surface area contributed by atoms with Crippen molar-refractivity contribution in [2.75, 3.05) is 20.3 Å². The van der Waals surface area contributed by atoms with Crippen molar-refractivity contribution in [3.63, 3.8) is 0 Å². The molecule has 1 aromatic carbocycles. The molecule has 1 aromatic rings. The van der Waals surface area contributed by atoms with Gasteiger partial charge in [-0.05, 0) is 12.1 Å². The third kappa shape index (κ3) is 3.74. The Hall–Kier alpha value is -1.47. The Labute approximate surface area is 108 Å². The number of alkyl halides is 3. The van der Waals surface area contributed by atoms with Crippen LogP contribution in [0, 0.1) is 0 Å². The average molecular weight is 277 g/mol. The molecule has 2 atom stereocenters. The summed E-state index contributed by atoms with van der Waals surface area (Å²) < 4.78 is 52.3. The first-order chi connectivity index (χ1) is 8.99. The van der Waals surface area contributed by atoms with Crippen LogP contribution < -0.4 is 14.8 Å². The van der Waals surface area contributed by atoms with Gasteiger partial charge in [-0.25, -0.2) is 0 Å². The second-order valence-corrected chi connectivity index (χ2v) is 4.08. The standard InChI is InChI=1S/C12H14F3NO3/c1-17-8-3-2-4-9(5-8)18-7-10-6-16-11(19-10)12(13,14)15/h2-5,10-11,16H,6-7H2,1H3/t10-,11+/m0/s1. The number of halogens is 3. The predicted octanol–water partition coefficient (Wildman–Crippen LogP) is 1.95. The number of ether oxygens (including phenoxy) is 3. The maximum absolute atomic E-state index is 12.4. The van der Waals surface area contributed by atoms with Gasteiger partial charge >= 0.3 is 6.18 Å². The third-order valence-corrected chi connectivity index (χ3v) is 2.63. The molecule has 1 fully saturated rings. The highest BCUT2D eigenvalue weighted by atomic mass is 19.4. The molecular formula is C12H14F3NO3. The smallest absolute Gasteiger partial charge is 0.428 e. The largest absolute Gasteiger partial charge is 0.497 e. The molecule has 106 valence electrons. The molecule has 0 unspecified atom stereocenters. The Morgan fingerprint density at radius 1 is 1.37 bits per heavy atom. The van der Waals surface area contributed by atoms with Crippen LogP contribution in [0.3, 0.4) is 0 Å². The van der Waals surface area contributed by atoms with Gasteiger partial charge in [0.05, 0.1) is 7.11 Å². The Bertz CT molecular complexity index is 425. The van der Waals surface area contributed by atoms with E-state index in [0.29, 0.717) is 11.5 Å². The average Bonchev–Trinajstić information content (AvgIpc) is 2.85. The van der Waals surface area contributed by atoms with Crippen molar-refractivity contribution >= 4 is 0 Å². The SMILES string of the molecule is COc1cccc(OC[C@@H]2CN[C@@H](C(F)(F)F)O2)c1. The zero-order chi connectivity index (χ0) is 13.9. The second-order valence-electron chi connectivity index (χ2n) is 4.08. The van der Waals surface area contributed by atoms with E-state index in [-0.39, 0.29) is 13.2 Å². The van der Waals surface area contributed by atoms with Crippen LogP contribution in [0.5, 0.6) is 11.5 Å². The lowest BCUT2D eigenvalue weighted by Crippen LogP contribution is -2.38. The fraction of sp³-hybridized carbons (Fsp3) is 0.500. The Kier molecular flexibility index (Phi) is 4.16. The fourth-order valence-electron chi connectivity index (χ4n) is 1.70. The highest BCUT2D eigenvalue weighted by molar-refractivity contribution is 5.32. The highest BCUT2D eigenvalue weighted by Crippen LogP contribution is 2.25. The van der Waals surface area contributed by atoms with Gasteiger partial charge in [0.1, 0.15) is 24.2 Å². The Morgan fingerprint density at radius 3 is 2.74 bits per heavy atom. The van der Waals surface area contributed by atoms with Crippen LogP contribution in [-0.4, -0.2) is 38.8 Å². The van der Waals surface area contributed by atoms with E-state index in [0.717, 1.165) is 0 Å². The zero-order valence-electron chi connectivity index (χ0n) is 10.2. The van der Waals surface area contributed by atoms with Gasteiger partial charge in [0.25, 0.3) is 0 Å². The summed E-state index contributed by atoms with van der Waals surface area (Å²) in [6, 6.07) is 6.84. The fourth-order valence-corrected chi connectivity index (χ4v) is 1.70. The summed E-state index contributed by atoms with van der Waals surface area (Å²) in [6.45, 7) is 0.154. The normalized spacial score (nSPS) is 23.4. The first-order valence-corrected chi connectivity index (χ1v) is 5.71. The van der Waals surface area contributed by atoms with Gasteiger partial charge in [0.2, 0.25) is 6.23 Å².